The van der Waals surface area contributed by atoms with Gasteiger partial charge >= 0.3 is 0 Å². The molecule has 0 fully saturated rings. The zero-order valence-electron chi connectivity index (χ0n) is 32.4. The van der Waals surface area contributed by atoms with Crippen molar-refractivity contribution in [1.82, 2.24) is 0 Å². The van der Waals surface area contributed by atoms with Crippen molar-refractivity contribution in [2.45, 2.75) is 149 Å². The minimum absolute atomic E-state index is 1.03. The summed E-state index contributed by atoms with van der Waals surface area (Å²) in [6.45, 7) is 34.4. The minimum atomic E-state index is -1.32. The molecule has 1 aliphatic heterocycles. The number of rotatable bonds is 15. The number of nitrogens with zero attached hydrogens (tertiary/aromatic N) is 1. The Balaban J connectivity index is 2.39. The van der Waals surface area contributed by atoms with Gasteiger partial charge in [0, 0.05) is 49.0 Å². The highest BCUT2D eigenvalue weighted by molar-refractivity contribution is 6.76. The molecule has 0 aliphatic carbocycles. The second-order valence-corrected chi connectivity index (χ2v) is 40.9. The van der Waals surface area contributed by atoms with E-state index in [-0.39, 0.29) is 0 Å². The standard InChI is InChI=1S/C40H68N2Si4/c1-15-17-19-37-38(20-18-16-2)40(36-25-33(29-45(9,10)11)22-34(26-36)30-46(12,13)14)42(41)39(37)35-23-31(27-43(3,4)5)21-32(24-35)28-44(6,7)8/h19,21-26,41H,15-18,20,27-30H2,1-14H3. The first-order valence-corrected chi connectivity index (χ1v) is 33.0. The van der Waals surface area contributed by atoms with Gasteiger partial charge in [-0.25, -0.2) is 4.68 Å². The van der Waals surface area contributed by atoms with Crippen LogP contribution in [-0.4, -0.2) is 42.7 Å². The molecule has 0 spiro atoms. The van der Waals surface area contributed by atoms with Crippen LogP contribution in [0.1, 0.15) is 79.3 Å². The number of allylic oxidation sites excluding steroid dienone is 3. The lowest BCUT2D eigenvalue weighted by Crippen LogP contribution is -2.26. The highest BCUT2D eigenvalue weighted by atomic mass is 28.3. The molecule has 0 unspecified atom stereocenters. The van der Waals surface area contributed by atoms with Gasteiger partial charge < -0.3 is 5.84 Å². The first-order chi connectivity index (χ1) is 21.1. The van der Waals surface area contributed by atoms with Crippen LogP contribution in [0.15, 0.2) is 53.6 Å². The van der Waals surface area contributed by atoms with Crippen molar-refractivity contribution in [3.63, 3.8) is 0 Å². The van der Waals surface area contributed by atoms with Gasteiger partial charge in [-0.3, -0.25) is 0 Å². The quantitative estimate of drug-likeness (QED) is 0.132. The lowest BCUT2D eigenvalue weighted by Gasteiger charge is -2.21. The molecule has 254 valence electrons. The normalized spacial score (nSPS) is 15.9. The molecule has 2 nitrogen and oxygen atoms in total. The Hall–Kier alpha value is -1.74. The average Bonchev–Trinajstić information content (AvgIpc) is 3.12. The molecule has 0 bridgehead atoms. The predicted octanol–water partition coefficient (Wildman–Crippen LogP) is 12.5. The fourth-order valence-corrected chi connectivity index (χ4v) is 12.7. The number of benzene rings is 2. The lowest BCUT2D eigenvalue weighted by atomic mass is 9.90. The van der Waals surface area contributed by atoms with Crippen molar-refractivity contribution in [3.05, 3.63) is 92.8 Å². The minimum Gasteiger partial charge on any atom is -0.448 e. The van der Waals surface area contributed by atoms with E-state index in [2.05, 4.69) is 135 Å². The zero-order valence-corrected chi connectivity index (χ0v) is 36.4. The van der Waals surface area contributed by atoms with Gasteiger partial charge in [0.1, 0.15) is 0 Å². The van der Waals surface area contributed by atoms with Crippen molar-refractivity contribution < 1.29 is 4.68 Å². The van der Waals surface area contributed by atoms with Crippen LogP contribution in [0.3, 0.4) is 0 Å². The molecule has 2 aromatic rings. The Bertz CT molecular complexity index is 1400. The van der Waals surface area contributed by atoms with Gasteiger partial charge in [-0.2, -0.15) is 0 Å². The Labute approximate surface area is 288 Å². The number of hydrogen-bond donors (Lipinski definition) is 0. The smallest absolute Gasteiger partial charge is 0.215 e. The summed E-state index contributed by atoms with van der Waals surface area (Å²) in [6, 6.07) is 19.6. The molecule has 3 rings (SSSR count). The van der Waals surface area contributed by atoms with E-state index < -0.39 is 32.3 Å². The summed E-state index contributed by atoms with van der Waals surface area (Å²) < 4.78 is 1.88. The van der Waals surface area contributed by atoms with Gasteiger partial charge in [0.25, 0.3) is 0 Å². The Morgan fingerprint density at radius 3 is 1.30 bits per heavy atom. The van der Waals surface area contributed by atoms with Crippen LogP contribution in [0.5, 0.6) is 0 Å². The molecule has 0 saturated carbocycles. The summed E-state index contributed by atoms with van der Waals surface area (Å²) in [5.74, 6) is 9.99. The summed E-state index contributed by atoms with van der Waals surface area (Å²) in [6.07, 6.45) is 7.98. The van der Waals surface area contributed by atoms with Gasteiger partial charge in [0.2, 0.25) is 11.4 Å². The molecule has 1 aliphatic rings. The van der Waals surface area contributed by atoms with Crippen LogP contribution in [0.25, 0.3) is 11.5 Å². The molecule has 46 heavy (non-hydrogen) atoms. The third-order valence-electron chi connectivity index (χ3n) is 8.32. The van der Waals surface area contributed by atoms with E-state index >= 15 is 0 Å². The predicted molar refractivity (Wildman–Crippen MR) is 219 cm³/mol. The monoisotopic (exact) mass is 688 g/mol. The second-order valence-electron chi connectivity index (χ2n) is 19.0. The van der Waals surface area contributed by atoms with Crippen molar-refractivity contribution >= 4 is 43.7 Å². The third-order valence-corrected chi connectivity index (χ3v) is 14.2. The van der Waals surface area contributed by atoms with Gasteiger partial charge in [0.05, 0.1) is 5.57 Å². The van der Waals surface area contributed by atoms with E-state index in [1.807, 2.05) is 4.68 Å². The van der Waals surface area contributed by atoms with Crippen LogP contribution < -0.4 is 0 Å². The molecule has 1 N–H and O–H groups in total. The highest BCUT2D eigenvalue weighted by Gasteiger charge is 2.36. The van der Waals surface area contributed by atoms with Crippen LogP contribution in [0, 0.1) is 0 Å². The molecule has 0 radical (unpaired) electrons. The zero-order chi connectivity index (χ0) is 34.7. The van der Waals surface area contributed by atoms with E-state index in [1.54, 1.807) is 0 Å². The van der Waals surface area contributed by atoms with Gasteiger partial charge in [-0.05, 0) is 90.0 Å². The lowest BCUT2D eigenvalue weighted by molar-refractivity contribution is -0.347. The SMILES string of the molecule is CCCC=C1C(CCCC)=C(c2cc(C[Si](C)(C)C)cc(C[Si](C)(C)C)c2)[N+]([NH-])=C1c1cc(C[Si](C)(C)C)cc(C[Si](C)(C)C)c1. The molecular formula is C40H68N2Si4. The van der Waals surface area contributed by atoms with E-state index in [1.165, 1.54) is 68.7 Å². The molecule has 2 aromatic carbocycles. The maximum atomic E-state index is 9.99. The van der Waals surface area contributed by atoms with Crippen molar-refractivity contribution in [3.8, 4) is 0 Å². The summed E-state index contributed by atoms with van der Waals surface area (Å²) in [4.78, 5) is 0. The largest absolute Gasteiger partial charge is 0.448 e. The van der Waals surface area contributed by atoms with Crippen LogP contribution in [0.4, 0.5) is 0 Å². The summed E-state index contributed by atoms with van der Waals surface area (Å²) in [5, 5.41) is 0. The average molecular weight is 689 g/mol. The molecule has 0 amide bonds. The van der Waals surface area contributed by atoms with Crippen molar-refractivity contribution in [2.24, 2.45) is 0 Å². The summed E-state index contributed by atoms with van der Waals surface area (Å²) >= 11 is 0. The molecular weight excluding hydrogens is 621 g/mol. The number of nitrogens with one attached hydrogen (secondary N) is 1. The second kappa shape index (κ2) is 15.2. The molecule has 6 heteroatoms. The maximum Gasteiger partial charge on any atom is 0.215 e. The van der Waals surface area contributed by atoms with Crippen molar-refractivity contribution in [2.75, 3.05) is 0 Å². The summed E-state index contributed by atoms with van der Waals surface area (Å²) in [7, 11) is -5.29. The van der Waals surface area contributed by atoms with Gasteiger partial charge in [0.15, 0.2) is 0 Å². The van der Waals surface area contributed by atoms with E-state index in [0.29, 0.717) is 0 Å². The van der Waals surface area contributed by atoms with Crippen LogP contribution in [0.2, 0.25) is 78.6 Å². The number of hydrogen-bond acceptors (Lipinski definition) is 0. The van der Waals surface area contributed by atoms with Gasteiger partial charge in [-0.1, -0.05) is 123 Å². The van der Waals surface area contributed by atoms with E-state index in [4.69, 9.17) is 0 Å². The van der Waals surface area contributed by atoms with Crippen molar-refractivity contribution in [1.29, 1.82) is 0 Å². The highest BCUT2D eigenvalue weighted by Crippen LogP contribution is 2.39. The van der Waals surface area contributed by atoms with Crippen LogP contribution in [-0.2, 0) is 24.2 Å². The molecule has 1 heterocycles. The fraction of sp³-hybridized carbons (Fsp3) is 0.575. The third kappa shape index (κ3) is 11.7. The Kier molecular flexibility index (Phi) is 12.8. The van der Waals surface area contributed by atoms with Crippen LogP contribution >= 0.6 is 0 Å². The fourth-order valence-electron chi connectivity index (χ4n) is 7.00. The molecule has 0 aromatic heterocycles. The maximum absolute atomic E-state index is 9.99. The summed E-state index contributed by atoms with van der Waals surface area (Å²) in [5.41, 5.74) is 13.4. The van der Waals surface area contributed by atoms with E-state index in [9.17, 15) is 5.84 Å². The van der Waals surface area contributed by atoms with Gasteiger partial charge in [-0.15, -0.1) is 0 Å². The molecule has 0 saturated heterocycles. The Morgan fingerprint density at radius 2 is 0.957 bits per heavy atom. The van der Waals surface area contributed by atoms with E-state index in [0.717, 1.165) is 43.5 Å². The Morgan fingerprint density at radius 1 is 0.565 bits per heavy atom. The topological polar surface area (TPSA) is 26.8 Å². The number of unbranched alkanes of at least 4 members (excludes halogenated alkanes) is 2. The molecule has 0 atom stereocenters. The first kappa shape index (κ1) is 38.7. The first-order valence-electron chi connectivity index (χ1n) is 18.2.